The van der Waals surface area contributed by atoms with Crippen LogP contribution in [0.25, 0.3) is 0 Å². The van der Waals surface area contributed by atoms with Crippen molar-refractivity contribution >= 4 is 5.91 Å². The van der Waals surface area contributed by atoms with Gasteiger partial charge in [-0.25, -0.2) is 0 Å². The molecule has 0 spiro atoms. The molecular formula is C79H151NO8. The van der Waals surface area contributed by atoms with Crippen LogP contribution in [0.5, 0.6) is 0 Å². The Bertz CT molecular complexity index is 1490. The van der Waals surface area contributed by atoms with Gasteiger partial charge in [0.1, 0.15) is 24.4 Å². The highest BCUT2D eigenvalue weighted by Gasteiger charge is 2.44. The van der Waals surface area contributed by atoms with Crippen molar-refractivity contribution < 1.29 is 39.8 Å². The highest BCUT2D eigenvalue weighted by molar-refractivity contribution is 5.76. The maximum Gasteiger partial charge on any atom is 0.220 e. The first-order valence-electron chi connectivity index (χ1n) is 39.2. The molecule has 9 nitrogen and oxygen atoms in total. The Morgan fingerprint density at radius 1 is 0.386 bits per heavy atom. The Hall–Kier alpha value is -1.59. The Kier molecular flexibility index (Phi) is 65.5. The number of rotatable bonds is 70. The Labute approximate surface area is 546 Å². The number of carbonyl (C=O) groups is 1. The predicted molar refractivity (Wildman–Crippen MR) is 378 cm³/mol. The van der Waals surface area contributed by atoms with E-state index in [2.05, 4.69) is 43.5 Å². The van der Waals surface area contributed by atoms with Crippen LogP contribution >= 0.6 is 0 Å². The maximum atomic E-state index is 13.2. The van der Waals surface area contributed by atoms with Gasteiger partial charge in [0, 0.05) is 6.42 Å². The van der Waals surface area contributed by atoms with E-state index >= 15 is 0 Å². The molecule has 0 aromatic heterocycles. The number of aliphatic hydroxyl groups is 5. The number of aliphatic hydroxyl groups excluding tert-OH is 5. The zero-order valence-electron chi connectivity index (χ0n) is 58.5. The summed E-state index contributed by atoms with van der Waals surface area (Å²) >= 11 is 0. The molecular weight excluding hydrogens is 1090 g/mol. The van der Waals surface area contributed by atoms with E-state index < -0.39 is 49.5 Å². The number of allylic oxidation sites excluding steroid dienone is 5. The monoisotopic (exact) mass is 1240 g/mol. The molecule has 1 heterocycles. The normalized spacial score (nSPS) is 18.0. The first-order chi connectivity index (χ1) is 43.3. The topological polar surface area (TPSA) is 149 Å². The molecule has 1 fully saturated rings. The molecule has 0 bridgehead atoms. The Balaban J connectivity index is 2.07. The van der Waals surface area contributed by atoms with E-state index in [1.54, 1.807) is 6.08 Å². The van der Waals surface area contributed by atoms with Crippen LogP contribution in [0.2, 0.25) is 0 Å². The van der Waals surface area contributed by atoms with E-state index in [9.17, 15) is 30.3 Å². The zero-order chi connectivity index (χ0) is 63.5. The molecule has 6 N–H and O–H groups in total. The van der Waals surface area contributed by atoms with Crippen molar-refractivity contribution in [1.82, 2.24) is 5.32 Å². The van der Waals surface area contributed by atoms with Crippen LogP contribution in [0, 0.1) is 0 Å². The van der Waals surface area contributed by atoms with Crippen molar-refractivity contribution in [2.45, 2.75) is 448 Å². The van der Waals surface area contributed by atoms with Gasteiger partial charge in [0.2, 0.25) is 5.91 Å². The van der Waals surface area contributed by atoms with Crippen molar-refractivity contribution in [2.75, 3.05) is 13.2 Å². The lowest BCUT2D eigenvalue weighted by Crippen LogP contribution is -2.60. The van der Waals surface area contributed by atoms with E-state index in [0.29, 0.717) is 6.42 Å². The summed E-state index contributed by atoms with van der Waals surface area (Å²) in [4.78, 5) is 13.2. The number of hydrogen-bond acceptors (Lipinski definition) is 8. The third kappa shape index (κ3) is 56.0. The van der Waals surface area contributed by atoms with Crippen molar-refractivity contribution in [3.8, 4) is 0 Å². The standard InChI is InChI=1S/C79H151NO8/c1-3-5-7-9-11-13-15-17-19-21-23-25-27-29-31-33-35-37-39-41-43-45-47-49-51-53-55-57-59-61-63-65-67-69-75(83)80-72(71-87-79-78(86)77(85)76(84)74(70-81)88-79)73(82)68-66-64-62-60-58-56-54-52-50-48-46-44-42-40-38-36-34-32-30-28-26-24-22-20-18-16-14-12-10-8-6-4-2/h15,17,21,23,66,68,72-74,76-79,81-82,84-86H,3-14,16,18-20,22,24-65,67,69-71H2,1-2H3,(H,80,83)/b17-15-,23-21-,68-66+. The van der Waals surface area contributed by atoms with Crippen LogP contribution in [0.3, 0.4) is 0 Å². The van der Waals surface area contributed by atoms with Crippen LogP contribution in [0.4, 0.5) is 0 Å². The summed E-state index contributed by atoms with van der Waals surface area (Å²) in [7, 11) is 0. The summed E-state index contributed by atoms with van der Waals surface area (Å²) in [6.45, 7) is 3.83. The van der Waals surface area contributed by atoms with Gasteiger partial charge in [-0.2, -0.15) is 0 Å². The summed E-state index contributed by atoms with van der Waals surface area (Å²) in [5.74, 6) is -0.168. The van der Waals surface area contributed by atoms with Crippen LogP contribution in [-0.2, 0) is 14.3 Å². The summed E-state index contributed by atoms with van der Waals surface area (Å²) in [6, 6.07) is -0.805. The number of unbranched alkanes of at least 4 members (excludes halogenated alkanes) is 56. The molecule has 0 aromatic carbocycles. The fraction of sp³-hybridized carbons (Fsp3) is 0.911. The highest BCUT2D eigenvalue weighted by atomic mass is 16.7. The lowest BCUT2D eigenvalue weighted by molar-refractivity contribution is -0.302. The van der Waals surface area contributed by atoms with E-state index in [0.717, 1.165) is 44.9 Å². The molecule has 0 aromatic rings. The second-order valence-electron chi connectivity index (χ2n) is 27.5. The van der Waals surface area contributed by atoms with Crippen molar-refractivity contribution in [3.63, 3.8) is 0 Å². The third-order valence-corrected chi connectivity index (χ3v) is 19.0. The van der Waals surface area contributed by atoms with Crippen molar-refractivity contribution in [2.24, 2.45) is 0 Å². The van der Waals surface area contributed by atoms with Crippen molar-refractivity contribution in [3.05, 3.63) is 36.5 Å². The summed E-state index contributed by atoms with van der Waals surface area (Å²) in [5, 5.41) is 54.9. The third-order valence-electron chi connectivity index (χ3n) is 19.0. The van der Waals surface area contributed by atoms with Gasteiger partial charge in [0.25, 0.3) is 0 Å². The molecule has 7 unspecified atom stereocenters. The highest BCUT2D eigenvalue weighted by Crippen LogP contribution is 2.24. The van der Waals surface area contributed by atoms with Gasteiger partial charge < -0.3 is 40.3 Å². The van der Waals surface area contributed by atoms with Gasteiger partial charge in [0.15, 0.2) is 6.29 Å². The smallest absolute Gasteiger partial charge is 0.220 e. The summed E-state index contributed by atoms with van der Waals surface area (Å²) < 4.78 is 11.3. The average molecular weight is 1240 g/mol. The van der Waals surface area contributed by atoms with E-state index in [4.69, 9.17) is 9.47 Å². The van der Waals surface area contributed by atoms with Gasteiger partial charge in [-0.1, -0.05) is 384 Å². The van der Waals surface area contributed by atoms with Crippen LogP contribution in [0.15, 0.2) is 36.5 Å². The number of nitrogens with one attached hydrogen (secondary N) is 1. The zero-order valence-corrected chi connectivity index (χ0v) is 58.5. The van der Waals surface area contributed by atoms with E-state index in [-0.39, 0.29) is 12.5 Å². The predicted octanol–water partition coefficient (Wildman–Crippen LogP) is 22.2. The number of hydrogen-bond donors (Lipinski definition) is 6. The second-order valence-corrected chi connectivity index (χ2v) is 27.5. The van der Waals surface area contributed by atoms with Gasteiger partial charge in [-0.05, 0) is 51.4 Å². The molecule has 9 heteroatoms. The fourth-order valence-electron chi connectivity index (χ4n) is 12.8. The summed E-state index contributed by atoms with van der Waals surface area (Å²) in [6.07, 6.45) is 85.7. The van der Waals surface area contributed by atoms with Gasteiger partial charge in [-0.15, -0.1) is 0 Å². The molecule has 1 aliphatic rings. The minimum absolute atomic E-state index is 0.168. The maximum absolute atomic E-state index is 13.2. The van der Waals surface area contributed by atoms with E-state index in [1.165, 1.54) is 340 Å². The molecule has 1 rings (SSSR count). The molecule has 1 amide bonds. The lowest BCUT2D eigenvalue weighted by Gasteiger charge is -2.40. The molecule has 1 saturated heterocycles. The van der Waals surface area contributed by atoms with Crippen LogP contribution in [0.1, 0.15) is 406 Å². The number of amides is 1. The second kappa shape index (κ2) is 68.3. The SMILES string of the molecule is CCCCCCC/C=C\C/C=C\CCCCCCCCCCCCCCCCCCCCCCCC(=O)NC(COC1OC(CO)C(O)C(O)C1O)C(O)/C=C/CCCCCCCCCCCCCCCCCCCCCCCCCCCCCCCC. The lowest BCUT2D eigenvalue weighted by atomic mass is 9.99. The average Bonchev–Trinajstić information content (AvgIpc) is 3.65. The summed E-state index contributed by atoms with van der Waals surface area (Å²) in [5.41, 5.74) is 0. The molecule has 0 saturated carbocycles. The fourth-order valence-corrected chi connectivity index (χ4v) is 12.8. The first-order valence-corrected chi connectivity index (χ1v) is 39.2. The van der Waals surface area contributed by atoms with Crippen molar-refractivity contribution in [1.29, 1.82) is 0 Å². The minimum Gasteiger partial charge on any atom is -0.394 e. The number of carbonyl (C=O) groups excluding carboxylic acids is 1. The Morgan fingerprint density at radius 2 is 0.670 bits per heavy atom. The molecule has 0 radical (unpaired) electrons. The molecule has 520 valence electrons. The molecule has 0 aliphatic carbocycles. The van der Waals surface area contributed by atoms with Gasteiger partial charge >= 0.3 is 0 Å². The first kappa shape index (κ1) is 84.4. The molecule has 1 aliphatic heterocycles. The molecule has 88 heavy (non-hydrogen) atoms. The Morgan fingerprint density at radius 3 is 0.977 bits per heavy atom. The number of ether oxygens (including phenoxy) is 2. The van der Waals surface area contributed by atoms with Crippen LogP contribution < -0.4 is 5.32 Å². The minimum atomic E-state index is -1.57. The van der Waals surface area contributed by atoms with Crippen LogP contribution in [-0.4, -0.2) is 87.5 Å². The quantitative estimate of drug-likeness (QED) is 0.0261. The van der Waals surface area contributed by atoms with Gasteiger partial charge in [0.05, 0.1) is 25.4 Å². The largest absolute Gasteiger partial charge is 0.394 e. The van der Waals surface area contributed by atoms with E-state index in [1.807, 2.05) is 6.08 Å². The van der Waals surface area contributed by atoms with Gasteiger partial charge in [-0.3, -0.25) is 4.79 Å². The molecule has 7 atom stereocenters.